The quantitative estimate of drug-likeness (QED) is 0.777. The number of aliphatic carboxylic acids is 1. The number of nitrogens with two attached hydrogens (primary N) is 1. The molecule has 0 aliphatic heterocycles. The van der Waals surface area contributed by atoms with Crippen LogP contribution in [0, 0.1) is 0 Å². The molecule has 0 aromatic heterocycles. The molecule has 14 heavy (non-hydrogen) atoms. The summed E-state index contributed by atoms with van der Waals surface area (Å²) in [7, 11) is 0. The molecule has 3 nitrogen and oxygen atoms in total. The molecule has 0 saturated carbocycles. The lowest BCUT2D eigenvalue weighted by atomic mass is 10.4. The molecule has 0 radical (unpaired) electrons. The lowest BCUT2D eigenvalue weighted by Gasteiger charge is -2.06. The van der Waals surface area contributed by atoms with E-state index in [4.69, 9.17) is 22.4 Å². The summed E-state index contributed by atoms with van der Waals surface area (Å²) in [5.41, 5.74) is 5.35. The van der Waals surface area contributed by atoms with E-state index in [2.05, 4.69) is 0 Å². The zero-order valence-corrected chi connectivity index (χ0v) is 8.89. The number of halogens is 1. The summed E-state index contributed by atoms with van der Waals surface area (Å²) in [6.45, 7) is 0. The topological polar surface area (TPSA) is 63.3 Å². The van der Waals surface area contributed by atoms with E-state index in [1.54, 1.807) is 6.07 Å². The number of carboxylic acids is 1. The molecule has 1 rings (SSSR count). The van der Waals surface area contributed by atoms with E-state index in [9.17, 15) is 4.79 Å². The van der Waals surface area contributed by atoms with E-state index in [0.29, 0.717) is 10.8 Å². The highest BCUT2D eigenvalue weighted by Crippen LogP contribution is 2.26. The number of rotatable bonds is 4. The summed E-state index contributed by atoms with van der Waals surface area (Å²) in [6, 6.07) is 6.41. The van der Waals surface area contributed by atoms with Crippen LogP contribution in [-0.4, -0.2) is 22.9 Å². The number of thioether (sulfide) groups is 1. The minimum absolute atomic E-state index is 0.319. The van der Waals surface area contributed by atoms with Crippen LogP contribution in [0.4, 0.5) is 0 Å². The van der Waals surface area contributed by atoms with Crippen LogP contribution >= 0.6 is 23.4 Å². The normalized spacial score (nSPS) is 12.4. The van der Waals surface area contributed by atoms with Crippen molar-refractivity contribution >= 4 is 29.3 Å². The van der Waals surface area contributed by atoms with E-state index in [1.165, 1.54) is 11.8 Å². The minimum Gasteiger partial charge on any atom is -0.480 e. The molecule has 0 spiro atoms. The SMILES string of the molecule is NC(CSc1ccccc1Cl)C(=O)O. The van der Waals surface area contributed by atoms with Gasteiger partial charge in [-0.25, -0.2) is 0 Å². The molecule has 0 saturated heterocycles. The fourth-order valence-electron chi connectivity index (χ4n) is 0.813. The smallest absolute Gasteiger partial charge is 0.321 e. The van der Waals surface area contributed by atoms with Crippen molar-refractivity contribution in [3.8, 4) is 0 Å². The number of hydrogen-bond donors (Lipinski definition) is 2. The number of carboxylic acid groups (broad SMARTS) is 1. The molecule has 1 unspecified atom stereocenters. The van der Waals surface area contributed by atoms with E-state index in [-0.39, 0.29) is 0 Å². The van der Waals surface area contributed by atoms with Gasteiger partial charge < -0.3 is 10.8 Å². The zero-order valence-electron chi connectivity index (χ0n) is 7.31. The Hall–Kier alpha value is -0.710. The Labute approximate surface area is 91.2 Å². The van der Waals surface area contributed by atoms with Crippen LogP contribution < -0.4 is 5.73 Å². The lowest BCUT2D eigenvalue weighted by Crippen LogP contribution is -2.32. The summed E-state index contributed by atoms with van der Waals surface area (Å²) in [4.78, 5) is 11.3. The molecule has 1 aromatic rings. The van der Waals surface area contributed by atoms with Gasteiger partial charge in [0, 0.05) is 10.6 Å². The molecule has 0 bridgehead atoms. The maximum Gasteiger partial charge on any atom is 0.321 e. The molecule has 0 fully saturated rings. The Bertz CT molecular complexity index is 332. The van der Waals surface area contributed by atoms with Gasteiger partial charge in [-0.15, -0.1) is 11.8 Å². The van der Waals surface area contributed by atoms with Crippen LogP contribution in [0.1, 0.15) is 0 Å². The highest BCUT2D eigenvalue weighted by atomic mass is 35.5. The maximum atomic E-state index is 10.4. The molecule has 0 amide bonds. The Morgan fingerprint density at radius 1 is 1.57 bits per heavy atom. The van der Waals surface area contributed by atoms with Gasteiger partial charge in [-0.05, 0) is 12.1 Å². The van der Waals surface area contributed by atoms with E-state index in [0.717, 1.165) is 4.90 Å². The van der Waals surface area contributed by atoms with Crippen LogP contribution in [0.2, 0.25) is 5.02 Å². The Morgan fingerprint density at radius 2 is 2.21 bits per heavy atom. The Morgan fingerprint density at radius 3 is 2.79 bits per heavy atom. The van der Waals surface area contributed by atoms with Gasteiger partial charge in [-0.3, -0.25) is 4.79 Å². The molecule has 0 aliphatic rings. The van der Waals surface area contributed by atoms with Crippen molar-refractivity contribution in [1.82, 2.24) is 0 Å². The highest BCUT2D eigenvalue weighted by Gasteiger charge is 2.12. The summed E-state index contributed by atoms with van der Waals surface area (Å²) >= 11 is 7.22. The molecule has 0 heterocycles. The van der Waals surface area contributed by atoms with Gasteiger partial charge in [0.25, 0.3) is 0 Å². The zero-order chi connectivity index (χ0) is 10.6. The third-order valence-electron chi connectivity index (χ3n) is 1.57. The second-order valence-corrected chi connectivity index (χ2v) is 4.16. The van der Waals surface area contributed by atoms with Crippen LogP contribution in [0.5, 0.6) is 0 Å². The highest BCUT2D eigenvalue weighted by molar-refractivity contribution is 7.99. The van der Waals surface area contributed by atoms with Crippen molar-refractivity contribution < 1.29 is 9.90 Å². The molecule has 1 aromatic carbocycles. The second kappa shape index (κ2) is 5.24. The fourth-order valence-corrected chi connectivity index (χ4v) is 1.99. The number of benzene rings is 1. The van der Waals surface area contributed by atoms with E-state index >= 15 is 0 Å². The van der Waals surface area contributed by atoms with Crippen molar-refractivity contribution in [3.63, 3.8) is 0 Å². The molecular formula is C9H10ClNO2S. The predicted molar refractivity (Wildman–Crippen MR) is 57.8 cm³/mol. The third-order valence-corrected chi connectivity index (χ3v) is 3.21. The van der Waals surface area contributed by atoms with Crippen LogP contribution in [0.25, 0.3) is 0 Å². The van der Waals surface area contributed by atoms with Gasteiger partial charge in [0.15, 0.2) is 0 Å². The predicted octanol–water partition coefficient (Wildman–Crippen LogP) is 1.84. The third kappa shape index (κ3) is 3.21. The van der Waals surface area contributed by atoms with Crippen molar-refractivity contribution in [2.24, 2.45) is 5.73 Å². The standard InChI is InChI=1S/C9H10ClNO2S/c10-6-3-1-2-4-8(6)14-5-7(11)9(12)13/h1-4,7H,5,11H2,(H,12,13). The van der Waals surface area contributed by atoms with Crippen molar-refractivity contribution in [2.45, 2.75) is 10.9 Å². The van der Waals surface area contributed by atoms with Gasteiger partial charge in [-0.1, -0.05) is 23.7 Å². The van der Waals surface area contributed by atoms with E-state index in [1.807, 2.05) is 18.2 Å². The van der Waals surface area contributed by atoms with Crippen LogP contribution in [0.3, 0.4) is 0 Å². The Kier molecular flexibility index (Phi) is 4.25. The average molecular weight is 232 g/mol. The molecule has 0 aliphatic carbocycles. The van der Waals surface area contributed by atoms with Crippen molar-refractivity contribution in [2.75, 3.05) is 5.75 Å². The summed E-state index contributed by atoms with van der Waals surface area (Å²) in [6.07, 6.45) is 0. The van der Waals surface area contributed by atoms with Crippen LogP contribution in [0.15, 0.2) is 29.2 Å². The summed E-state index contributed by atoms with van der Waals surface area (Å²) in [5.74, 6) is -0.677. The fraction of sp³-hybridized carbons (Fsp3) is 0.222. The maximum absolute atomic E-state index is 10.4. The van der Waals surface area contributed by atoms with E-state index < -0.39 is 12.0 Å². The first-order valence-electron chi connectivity index (χ1n) is 3.97. The first kappa shape index (κ1) is 11.4. The molecular weight excluding hydrogens is 222 g/mol. The van der Waals surface area contributed by atoms with Crippen LogP contribution in [-0.2, 0) is 4.79 Å². The van der Waals surface area contributed by atoms with Gasteiger partial charge in [0.05, 0.1) is 5.02 Å². The number of carbonyl (C=O) groups is 1. The second-order valence-electron chi connectivity index (χ2n) is 2.69. The molecule has 3 N–H and O–H groups in total. The van der Waals surface area contributed by atoms with Gasteiger partial charge in [0.1, 0.15) is 6.04 Å². The number of hydrogen-bond acceptors (Lipinski definition) is 3. The van der Waals surface area contributed by atoms with Gasteiger partial charge in [-0.2, -0.15) is 0 Å². The lowest BCUT2D eigenvalue weighted by molar-refractivity contribution is -0.137. The Balaban J connectivity index is 2.54. The van der Waals surface area contributed by atoms with Crippen molar-refractivity contribution in [1.29, 1.82) is 0 Å². The van der Waals surface area contributed by atoms with Gasteiger partial charge in [0.2, 0.25) is 0 Å². The largest absolute Gasteiger partial charge is 0.480 e. The van der Waals surface area contributed by atoms with Crippen molar-refractivity contribution in [3.05, 3.63) is 29.3 Å². The van der Waals surface area contributed by atoms with Gasteiger partial charge >= 0.3 is 5.97 Å². The minimum atomic E-state index is -0.996. The molecule has 1 atom stereocenters. The monoisotopic (exact) mass is 231 g/mol. The molecule has 76 valence electrons. The first-order valence-corrected chi connectivity index (χ1v) is 5.33. The average Bonchev–Trinajstić information content (AvgIpc) is 2.16. The first-order chi connectivity index (χ1) is 6.61. The summed E-state index contributed by atoms with van der Waals surface area (Å²) < 4.78 is 0. The summed E-state index contributed by atoms with van der Waals surface area (Å²) in [5, 5.41) is 9.18. The molecule has 5 heteroatoms.